The highest BCUT2D eigenvalue weighted by molar-refractivity contribution is 7.13. The van der Waals surface area contributed by atoms with Crippen molar-refractivity contribution < 1.29 is 4.42 Å². The molecule has 1 saturated carbocycles. The van der Waals surface area contributed by atoms with Crippen LogP contribution in [-0.2, 0) is 6.54 Å². The van der Waals surface area contributed by atoms with Gasteiger partial charge in [0.2, 0.25) is 0 Å². The van der Waals surface area contributed by atoms with Gasteiger partial charge in [-0.2, -0.15) is 0 Å². The molecule has 2 heterocycles. The Balaban J connectivity index is 1.69. The fraction of sp³-hybridized carbons (Fsp3) is 0.364. The Hall–Kier alpha value is -1.13. The second-order valence-electron chi connectivity index (χ2n) is 3.78. The van der Waals surface area contributed by atoms with Crippen LogP contribution in [0.5, 0.6) is 0 Å². The zero-order chi connectivity index (χ0) is 10.1. The van der Waals surface area contributed by atoms with Crippen molar-refractivity contribution in [2.45, 2.75) is 25.4 Å². The van der Waals surface area contributed by atoms with Crippen LogP contribution in [0.15, 0.2) is 28.2 Å². The monoisotopic (exact) mass is 220 g/mol. The first-order valence-electron chi connectivity index (χ1n) is 5.13. The molecule has 0 unspecified atom stereocenters. The SMILES string of the molecule is c1coc(-c2nc(CNC3CC3)cs2)c1. The Morgan fingerprint density at radius 1 is 1.53 bits per heavy atom. The van der Waals surface area contributed by atoms with Crippen molar-refractivity contribution in [3.8, 4) is 10.8 Å². The van der Waals surface area contributed by atoms with Gasteiger partial charge in [0.1, 0.15) is 0 Å². The molecule has 2 aromatic rings. The number of hydrogen-bond donors (Lipinski definition) is 1. The van der Waals surface area contributed by atoms with E-state index >= 15 is 0 Å². The van der Waals surface area contributed by atoms with Crippen LogP contribution in [0.4, 0.5) is 0 Å². The Morgan fingerprint density at radius 3 is 3.20 bits per heavy atom. The minimum absolute atomic E-state index is 0.735. The third kappa shape index (κ3) is 2.11. The van der Waals surface area contributed by atoms with Crippen molar-refractivity contribution in [3.63, 3.8) is 0 Å². The smallest absolute Gasteiger partial charge is 0.162 e. The van der Waals surface area contributed by atoms with E-state index in [1.165, 1.54) is 12.8 Å². The molecule has 0 spiro atoms. The third-order valence-corrected chi connectivity index (χ3v) is 3.34. The van der Waals surface area contributed by atoms with Crippen LogP contribution in [0, 0.1) is 0 Å². The Kier molecular flexibility index (Phi) is 2.31. The third-order valence-electron chi connectivity index (χ3n) is 2.43. The Bertz CT molecular complexity index is 431. The van der Waals surface area contributed by atoms with Crippen LogP contribution < -0.4 is 5.32 Å². The summed E-state index contributed by atoms with van der Waals surface area (Å²) in [5.41, 5.74) is 1.11. The van der Waals surface area contributed by atoms with Gasteiger partial charge in [-0.25, -0.2) is 4.98 Å². The summed E-state index contributed by atoms with van der Waals surface area (Å²) < 4.78 is 5.30. The van der Waals surface area contributed by atoms with Gasteiger partial charge in [0.05, 0.1) is 12.0 Å². The number of furan rings is 1. The molecular weight excluding hydrogens is 208 g/mol. The van der Waals surface area contributed by atoms with Crippen molar-refractivity contribution in [2.75, 3.05) is 0 Å². The summed E-state index contributed by atoms with van der Waals surface area (Å²) >= 11 is 1.63. The molecule has 3 rings (SSSR count). The van der Waals surface area contributed by atoms with Gasteiger partial charge in [0.15, 0.2) is 10.8 Å². The van der Waals surface area contributed by atoms with E-state index in [0.29, 0.717) is 0 Å². The summed E-state index contributed by atoms with van der Waals surface area (Å²) in [5, 5.41) is 6.50. The van der Waals surface area contributed by atoms with E-state index in [1.54, 1.807) is 17.6 Å². The molecule has 0 aliphatic heterocycles. The predicted molar refractivity (Wildman–Crippen MR) is 59.7 cm³/mol. The molecule has 3 nitrogen and oxygen atoms in total. The zero-order valence-corrected chi connectivity index (χ0v) is 9.09. The lowest BCUT2D eigenvalue weighted by Crippen LogP contribution is -2.15. The van der Waals surface area contributed by atoms with E-state index in [-0.39, 0.29) is 0 Å². The normalized spacial score (nSPS) is 15.7. The van der Waals surface area contributed by atoms with Gasteiger partial charge in [-0.15, -0.1) is 11.3 Å². The molecule has 1 fully saturated rings. The molecule has 4 heteroatoms. The largest absolute Gasteiger partial charge is 0.462 e. The predicted octanol–water partition coefficient (Wildman–Crippen LogP) is 2.66. The fourth-order valence-corrected chi connectivity index (χ4v) is 2.22. The first-order valence-corrected chi connectivity index (χ1v) is 6.01. The summed E-state index contributed by atoms with van der Waals surface area (Å²) in [7, 11) is 0. The average Bonchev–Trinajstić information content (AvgIpc) is 2.78. The number of rotatable bonds is 4. The van der Waals surface area contributed by atoms with Crippen molar-refractivity contribution in [1.82, 2.24) is 10.3 Å². The molecule has 1 aliphatic rings. The molecule has 0 radical (unpaired) electrons. The number of thiazole rings is 1. The van der Waals surface area contributed by atoms with Crippen molar-refractivity contribution in [1.29, 1.82) is 0 Å². The number of nitrogens with zero attached hydrogens (tertiary/aromatic N) is 1. The maximum atomic E-state index is 5.30. The highest BCUT2D eigenvalue weighted by Gasteiger charge is 2.20. The van der Waals surface area contributed by atoms with E-state index in [9.17, 15) is 0 Å². The Labute approximate surface area is 92.1 Å². The summed E-state index contributed by atoms with van der Waals surface area (Å²) in [6.07, 6.45) is 4.31. The van der Waals surface area contributed by atoms with E-state index in [0.717, 1.165) is 29.0 Å². The molecule has 15 heavy (non-hydrogen) atoms. The summed E-state index contributed by atoms with van der Waals surface area (Å²) in [4.78, 5) is 4.51. The maximum absolute atomic E-state index is 5.30. The van der Waals surface area contributed by atoms with E-state index < -0.39 is 0 Å². The quantitative estimate of drug-likeness (QED) is 0.860. The van der Waals surface area contributed by atoms with Crippen molar-refractivity contribution in [2.24, 2.45) is 0 Å². The number of nitrogens with one attached hydrogen (secondary N) is 1. The maximum Gasteiger partial charge on any atom is 0.162 e. The molecule has 0 aromatic carbocycles. The fourth-order valence-electron chi connectivity index (χ4n) is 1.44. The lowest BCUT2D eigenvalue weighted by Gasteiger charge is -1.96. The molecule has 1 N–H and O–H groups in total. The van der Waals surface area contributed by atoms with Crippen LogP contribution in [0.25, 0.3) is 10.8 Å². The first-order chi connectivity index (χ1) is 7.42. The Morgan fingerprint density at radius 2 is 2.47 bits per heavy atom. The number of aromatic nitrogens is 1. The molecule has 0 saturated heterocycles. The van der Waals surface area contributed by atoms with E-state index in [4.69, 9.17) is 4.42 Å². The van der Waals surface area contributed by atoms with Gasteiger partial charge in [-0.3, -0.25) is 0 Å². The summed E-state index contributed by atoms with van der Waals surface area (Å²) in [6, 6.07) is 4.56. The van der Waals surface area contributed by atoms with Crippen molar-refractivity contribution in [3.05, 3.63) is 29.5 Å². The van der Waals surface area contributed by atoms with Crippen molar-refractivity contribution >= 4 is 11.3 Å². The number of hydrogen-bond acceptors (Lipinski definition) is 4. The van der Waals surface area contributed by atoms with Gasteiger partial charge >= 0.3 is 0 Å². The summed E-state index contributed by atoms with van der Waals surface area (Å²) in [5.74, 6) is 0.859. The van der Waals surface area contributed by atoms with Crippen LogP contribution in [0.1, 0.15) is 18.5 Å². The van der Waals surface area contributed by atoms with Crippen LogP contribution in [0.3, 0.4) is 0 Å². The van der Waals surface area contributed by atoms with Gasteiger partial charge < -0.3 is 9.73 Å². The molecule has 2 aromatic heterocycles. The van der Waals surface area contributed by atoms with Crippen LogP contribution in [-0.4, -0.2) is 11.0 Å². The highest BCUT2D eigenvalue weighted by Crippen LogP contribution is 2.24. The molecule has 1 aliphatic carbocycles. The molecular formula is C11H12N2OS. The lowest BCUT2D eigenvalue weighted by atomic mass is 10.4. The zero-order valence-electron chi connectivity index (χ0n) is 8.27. The standard InChI is InChI=1S/C11H12N2OS/c1-2-10(14-5-1)11-13-9(7-15-11)6-12-8-3-4-8/h1-2,5,7-8,12H,3-4,6H2. The van der Waals surface area contributed by atoms with Crippen LogP contribution in [0.2, 0.25) is 0 Å². The first kappa shape index (κ1) is 9.12. The highest BCUT2D eigenvalue weighted by atomic mass is 32.1. The van der Waals surface area contributed by atoms with E-state index in [1.807, 2.05) is 12.1 Å². The second kappa shape index (κ2) is 3.79. The van der Waals surface area contributed by atoms with Gasteiger partial charge in [-0.05, 0) is 25.0 Å². The average molecular weight is 220 g/mol. The minimum Gasteiger partial charge on any atom is -0.462 e. The topological polar surface area (TPSA) is 38.1 Å². The minimum atomic E-state index is 0.735. The van der Waals surface area contributed by atoms with Gasteiger partial charge in [-0.1, -0.05) is 0 Å². The lowest BCUT2D eigenvalue weighted by molar-refractivity contribution is 0.581. The molecule has 0 bridgehead atoms. The summed E-state index contributed by atoms with van der Waals surface area (Å²) in [6.45, 7) is 0.877. The molecule has 78 valence electrons. The van der Waals surface area contributed by atoms with Gasteiger partial charge in [0, 0.05) is 18.0 Å². The van der Waals surface area contributed by atoms with Crippen LogP contribution >= 0.6 is 11.3 Å². The van der Waals surface area contributed by atoms with E-state index in [2.05, 4.69) is 15.7 Å². The van der Waals surface area contributed by atoms with Gasteiger partial charge in [0.25, 0.3) is 0 Å². The second-order valence-corrected chi connectivity index (χ2v) is 4.63. The molecule has 0 amide bonds. The molecule has 0 atom stereocenters.